The molecular formula is C11H24N2O. The molecule has 84 valence electrons. The summed E-state index contributed by atoms with van der Waals surface area (Å²) in [7, 11) is 1.89. The van der Waals surface area contributed by atoms with Crippen molar-refractivity contribution < 1.29 is 4.79 Å². The number of nitrogens with zero attached hydrogens (tertiary/aromatic N) is 1. The number of rotatable bonds is 7. The molecular weight excluding hydrogens is 176 g/mol. The summed E-state index contributed by atoms with van der Waals surface area (Å²) in [6.45, 7) is 5.88. The minimum Gasteiger partial charge on any atom is -0.345 e. The summed E-state index contributed by atoms with van der Waals surface area (Å²) in [5, 5.41) is 0. The van der Waals surface area contributed by atoms with Gasteiger partial charge in [-0.1, -0.05) is 20.3 Å². The van der Waals surface area contributed by atoms with Crippen molar-refractivity contribution in [3.63, 3.8) is 0 Å². The van der Waals surface area contributed by atoms with Crippen molar-refractivity contribution in [3.05, 3.63) is 0 Å². The number of carbonyl (C=O) groups excluding carboxylic acids is 1. The third kappa shape index (κ3) is 5.97. The van der Waals surface area contributed by atoms with E-state index < -0.39 is 0 Å². The fourth-order valence-corrected chi connectivity index (χ4v) is 1.31. The summed E-state index contributed by atoms with van der Waals surface area (Å²) in [6.07, 6.45) is 3.63. The van der Waals surface area contributed by atoms with Crippen molar-refractivity contribution in [3.8, 4) is 0 Å². The first kappa shape index (κ1) is 13.4. The summed E-state index contributed by atoms with van der Waals surface area (Å²) >= 11 is 0. The van der Waals surface area contributed by atoms with Crippen LogP contribution in [0.5, 0.6) is 0 Å². The molecule has 0 rings (SSSR count). The van der Waals surface area contributed by atoms with Gasteiger partial charge in [0.1, 0.15) is 0 Å². The molecule has 0 aliphatic rings. The third-order valence-corrected chi connectivity index (χ3v) is 2.55. The van der Waals surface area contributed by atoms with Gasteiger partial charge >= 0.3 is 0 Å². The second kappa shape index (κ2) is 7.80. The van der Waals surface area contributed by atoms with Crippen LogP contribution in [0.4, 0.5) is 0 Å². The molecule has 1 amide bonds. The van der Waals surface area contributed by atoms with E-state index in [0.29, 0.717) is 18.9 Å². The molecule has 2 N–H and O–H groups in total. The van der Waals surface area contributed by atoms with Crippen LogP contribution in [0.25, 0.3) is 0 Å². The fraction of sp³-hybridized carbons (Fsp3) is 0.909. The Morgan fingerprint density at radius 3 is 2.57 bits per heavy atom. The Balaban J connectivity index is 3.64. The van der Waals surface area contributed by atoms with Crippen LogP contribution >= 0.6 is 0 Å². The molecule has 1 atom stereocenters. The predicted molar refractivity (Wildman–Crippen MR) is 60.0 cm³/mol. The number of hydrogen-bond donors (Lipinski definition) is 1. The van der Waals surface area contributed by atoms with E-state index in [9.17, 15) is 4.79 Å². The molecule has 0 aromatic heterocycles. The molecule has 3 heteroatoms. The van der Waals surface area contributed by atoms with Crippen LogP contribution in [0.1, 0.15) is 39.5 Å². The highest BCUT2D eigenvalue weighted by molar-refractivity contribution is 5.75. The van der Waals surface area contributed by atoms with Gasteiger partial charge in [-0.2, -0.15) is 0 Å². The lowest BCUT2D eigenvalue weighted by Crippen LogP contribution is -2.30. The minimum absolute atomic E-state index is 0.249. The lowest BCUT2D eigenvalue weighted by molar-refractivity contribution is -0.130. The van der Waals surface area contributed by atoms with Crippen LogP contribution in [0, 0.1) is 5.92 Å². The van der Waals surface area contributed by atoms with Crippen molar-refractivity contribution in [2.45, 2.75) is 39.5 Å². The van der Waals surface area contributed by atoms with Crippen LogP contribution in [-0.4, -0.2) is 30.9 Å². The molecule has 0 bridgehead atoms. The Kier molecular flexibility index (Phi) is 7.48. The first-order valence-corrected chi connectivity index (χ1v) is 5.55. The standard InChI is InChI=1S/C11H24N2O/c1-4-10(2)9-13(3)11(14)7-5-6-8-12/h10H,4-9,12H2,1-3H3. The van der Waals surface area contributed by atoms with E-state index in [1.807, 2.05) is 11.9 Å². The van der Waals surface area contributed by atoms with Crippen LogP contribution < -0.4 is 5.73 Å². The topological polar surface area (TPSA) is 46.3 Å². The van der Waals surface area contributed by atoms with E-state index in [4.69, 9.17) is 5.73 Å². The maximum atomic E-state index is 11.6. The van der Waals surface area contributed by atoms with Crippen LogP contribution in [0.3, 0.4) is 0 Å². The first-order valence-electron chi connectivity index (χ1n) is 5.55. The highest BCUT2D eigenvalue weighted by atomic mass is 16.2. The molecule has 3 nitrogen and oxygen atoms in total. The van der Waals surface area contributed by atoms with Gasteiger partial charge in [-0.3, -0.25) is 4.79 Å². The predicted octanol–water partition coefficient (Wildman–Crippen LogP) is 1.62. The number of amides is 1. The molecule has 0 aliphatic carbocycles. The van der Waals surface area contributed by atoms with Crippen LogP contribution in [0.15, 0.2) is 0 Å². The second-order valence-electron chi connectivity index (χ2n) is 4.03. The van der Waals surface area contributed by atoms with E-state index >= 15 is 0 Å². The van der Waals surface area contributed by atoms with Crippen LogP contribution in [0.2, 0.25) is 0 Å². The first-order chi connectivity index (χ1) is 6.61. The monoisotopic (exact) mass is 200 g/mol. The van der Waals surface area contributed by atoms with Gasteiger partial charge in [0.15, 0.2) is 0 Å². The Labute approximate surface area is 87.6 Å². The summed E-state index contributed by atoms with van der Waals surface area (Å²) in [5.74, 6) is 0.845. The highest BCUT2D eigenvalue weighted by Crippen LogP contribution is 2.05. The highest BCUT2D eigenvalue weighted by Gasteiger charge is 2.10. The maximum Gasteiger partial charge on any atom is 0.222 e. The molecule has 0 aromatic carbocycles. The van der Waals surface area contributed by atoms with E-state index in [-0.39, 0.29) is 5.91 Å². The number of nitrogens with two attached hydrogens (primary N) is 1. The zero-order chi connectivity index (χ0) is 11.0. The Bertz CT molecular complexity index is 159. The molecule has 0 radical (unpaired) electrons. The van der Waals surface area contributed by atoms with Crippen molar-refractivity contribution in [2.75, 3.05) is 20.1 Å². The third-order valence-electron chi connectivity index (χ3n) is 2.55. The van der Waals surface area contributed by atoms with Gasteiger partial charge in [0.2, 0.25) is 5.91 Å². The summed E-state index contributed by atoms with van der Waals surface area (Å²) < 4.78 is 0. The largest absolute Gasteiger partial charge is 0.345 e. The molecule has 0 aromatic rings. The van der Waals surface area contributed by atoms with Crippen molar-refractivity contribution in [2.24, 2.45) is 11.7 Å². The summed E-state index contributed by atoms with van der Waals surface area (Å²) in [6, 6.07) is 0. The van der Waals surface area contributed by atoms with E-state index in [1.165, 1.54) is 0 Å². The minimum atomic E-state index is 0.249. The van der Waals surface area contributed by atoms with E-state index in [2.05, 4.69) is 13.8 Å². The molecule has 0 fully saturated rings. The smallest absolute Gasteiger partial charge is 0.222 e. The molecule has 1 unspecified atom stereocenters. The van der Waals surface area contributed by atoms with Crippen molar-refractivity contribution in [1.29, 1.82) is 0 Å². The zero-order valence-corrected chi connectivity index (χ0v) is 9.75. The number of carbonyl (C=O) groups is 1. The van der Waals surface area contributed by atoms with E-state index in [0.717, 1.165) is 25.8 Å². The lowest BCUT2D eigenvalue weighted by Gasteiger charge is -2.20. The van der Waals surface area contributed by atoms with Gasteiger partial charge in [0, 0.05) is 20.0 Å². The quantitative estimate of drug-likeness (QED) is 0.635. The van der Waals surface area contributed by atoms with Gasteiger partial charge in [-0.05, 0) is 25.3 Å². The molecule has 0 heterocycles. The fourth-order valence-electron chi connectivity index (χ4n) is 1.31. The molecule has 0 aliphatic heterocycles. The average Bonchev–Trinajstić information content (AvgIpc) is 2.17. The second-order valence-corrected chi connectivity index (χ2v) is 4.03. The van der Waals surface area contributed by atoms with Crippen LogP contribution in [-0.2, 0) is 4.79 Å². The summed E-state index contributed by atoms with van der Waals surface area (Å²) in [5.41, 5.74) is 5.37. The molecule has 0 saturated heterocycles. The molecule has 0 spiro atoms. The Morgan fingerprint density at radius 1 is 1.43 bits per heavy atom. The van der Waals surface area contributed by atoms with Crippen molar-refractivity contribution in [1.82, 2.24) is 4.90 Å². The van der Waals surface area contributed by atoms with E-state index in [1.54, 1.807) is 0 Å². The van der Waals surface area contributed by atoms with Gasteiger partial charge in [0.05, 0.1) is 0 Å². The van der Waals surface area contributed by atoms with Gasteiger partial charge < -0.3 is 10.6 Å². The SMILES string of the molecule is CCC(C)CN(C)C(=O)CCCCN. The molecule has 14 heavy (non-hydrogen) atoms. The van der Waals surface area contributed by atoms with Gasteiger partial charge in [-0.25, -0.2) is 0 Å². The van der Waals surface area contributed by atoms with Crippen molar-refractivity contribution >= 4 is 5.91 Å². The Hall–Kier alpha value is -0.570. The number of hydrogen-bond acceptors (Lipinski definition) is 2. The maximum absolute atomic E-state index is 11.6. The Morgan fingerprint density at radius 2 is 2.07 bits per heavy atom. The normalized spacial score (nSPS) is 12.6. The van der Waals surface area contributed by atoms with Gasteiger partial charge in [0.25, 0.3) is 0 Å². The molecule has 0 saturated carbocycles. The summed E-state index contributed by atoms with van der Waals surface area (Å²) in [4.78, 5) is 13.4. The average molecular weight is 200 g/mol. The lowest BCUT2D eigenvalue weighted by atomic mass is 10.1. The zero-order valence-electron chi connectivity index (χ0n) is 9.75. The number of unbranched alkanes of at least 4 members (excludes halogenated alkanes) is 1. The van der Waals surface area contributed by atoms with Gasteiger partial charge in [-0.15, -0.1) is 0 Å².